The maximum Gasteiger partial charge on any atom is 0.248 e. The molecule has 0 aliphatic carbocycles. The molecule has 0 N–H and O–H groups in total. The predicted molar refractivity (Wildman–Crippen MR) is 43.7 cm³/mol. The lowest BCUT2D eigenvalue weighted by Gasteiger charge is -2.14. The molecule has 0 aromatic carbocycles. The fraction of sp³-hybridized carbons (Fsp3) is 0.889. The Balaban J connectivity index is 3.38. The average Bonchev–Trinajstić information content (AvgIpc) is 1.87. The highest BCUT2D eigenvalue weighted by atomic mass is 19.3. The SMILES string of the molecule is [CH2]CCCCC(F)(F)CCC. The second-order valence-electron chi connectivity index (χ2n) is 2.92. The van der Waals surface area contributed by atoms with Crippen molar-refractivity contribution in [3.05, 3.63) is 6.92 Å². The molecule has 0 aliphatic heterocycles. The van der Waals surface area contributed by atoms with E-state index in [0.29, 0.717) is 12.8 Å². The molecule has 0 unspecified atom stereocenters. The van der Waals surface area contributed by atoms with Crippen molar-refractivity contribution >= 4 is 0 Å². The number of unbranched alkanes of at least 4 members (excludes halogenated alkanes) is 2. The molecule has 0 saturated heterocycles. The van der Waals surface area contributed by atoms with Crippen LogP contribution in [0.3, 0.4) is 0 Å². The summed E-state index contributed by atoms with van der Waals surface area (Å²) in [5, 5.41) is 0. The Hall–Kier alpha value is -0.140. The number of rotatable bonds is 6. The first kappa shape index (κ1) is 10.9. The second kappa shape index (κ2) is 5.50. The van der Waals surface area contributed by atoms with Crippen molar-refractivity contribution in [2.45, 2.75) is 51.4 Å². The standard InChI is InChI=1S/C9H17F2/c1-3-5-6-8-9(10,11)7-4-2/h1,3-8H2,2H3. The minimum Gasteiger partial charge on any atom is -0.207 e. The van der Waals surface area contributed by atoms with Crippen molar-refractivity contribution in [3.63, 3.8) is 0 Å². The quantitative estimate of drug-likeness (QED) is 0.522. The van der Waals surface area contributed by atoms with E-state index in [9.17, 15) is 8.78 Å². The first-order valence-electron chi connectivity index (χ1n) is 4.29. The van der Waals surface area contributed by atoms with Gasteiger partial charge in [0.1, 0.15) is 0 Å². The molecule has 0 heterocycles. The first-order valence-corrected chi connectivity index (χ1v) is 4.29. The third-order valence-electron chi connectivity index (χ3n) is 1.66. The third kappa shape index (κ3) is 6.27. The molecular weight excluding hydrogens is 146 g/mol. The lowest BCUT2D eigenvalue weighted by molar-refractivity contribution is -0.0188. The molecule has 0 spiro atoms. The summed E-state index contributed by atoms with van der Waals surface area (Å²) in [4.78, 5) is 0. The van der Waals surface area contributed by atoms with Gasteiger partial charge in [-0.15, -0.1) is 0 Å². The van der Waals surface area contributed by atoms with Crippen molar-refractivity contribution in [2.75, 3.05) is 0 Å². The molecule has 0 aromatic heterocycles. The highest BCUT2D eigenvalue weighted by Crippen LogP contribution is 2.26. The number of alkyl halides is 2. The van der Waals surface area contributed by atoms with Crippen LogP contribution in [0.25, 0.3) is 0 Å². The first-order chi connectivity index (χ1) is 5.12. The molecule has 0 saturated carbocycles. The van der Waals surface area contributed by atoms with Gasteiger partial charge >= 0.3 is 0 Å². The number of halogens is 2. The molecule has 0 aromatic rings. The molecule has 2 heteroatoms. The van der Waals surface area contributed by atoms with Gasteiger partial charge in [0.05, 0.1) is 0 Å². The fourth-order valence-electron chi connectivity index (χ4n) is 1.05. The summed E-state index contributed by atoms with van der Waals surface area (Å²) in [5.74, 6) is -2.43. The van der Waals surface area contributed by atoms with Gasteiger partial charge in [-0.3, -0.25) is 0 Å². The van der Waals surface area contributed by atoms with Crippen molar-refractivity contribution in [1.29, 1.82) is 0 Å². The van der Waals surface area contributed by atoms with Gasteiger partial charge in [-0.25, -0.2) is 8.78 Å². The van der Waals surface area contributed by atoms with Crippen LogP contribution < -0.4 is 0 Å². The van der Waals surface area contributed by atoms with Gasteiger partial charge in [-0.05, 0) is 6.42 Å². The monoisotopic (exact) mass is 163 g/mol. The highest BCUT2D eigenvalue weighted by Gasteiger charge is 2.25. The normalized spacial score (nSPS) is 12.0. The largest absolute Gasteiger partial charge is 0.248 e. The molecule has 0 aliphatic rings. The van der Waals surface area contributed by atoms with Crippen LogP contribution in [0.5, 0.6) is 0 Å². The van der Waals surface area contributed by atoms with Crippen molar-refractivity contribution in [3.8, 4) is 0 Å². The van der Waals surface area contributed by atoms with Crippen LogP contribution in [0, 0.1) is 6.92 Å². The Kier molecular flexibility index (Phi) is 5.43. The van der Waals surface area contributed by atoms with Crippen molar-refractivity contribution < 1.29 is 8.78 Å². The van der Waals surface area contributed by atoms with Crippen LogP contribution in [0.4, 0.5) is 8.78 Å². The minimum absolute atomic E-state index is 0.0319. The molecule has 11 heavy (non-hydrogen) atoms. The van der Waals surface area contributed by atoms with Crippen LogP contribution in [0.15, 0.2) is 0 Å². The van der Waals surface area contributed by atoms with Crippen LogP contribution >= 0.6 is 0 Å². The Morgan fingerprint density at radius 2 is 1.82 bits per heavy atom. The maximum absolute atomic E-state index is 12.7. The molecule has 0 nitrogen and oxygen atoms in total. The molecule has 0 atom stereocenters. The smallest absolute Gasteiger partial charge is 0.207 e. The Morgan fingerprint density at radius 1 is 1.18 bits per heavy atom. The van der Waals surface area contributed by atoms with E-state index in [1.54, 1.807) is 6.92 Å². The van der Waals surface area contributed by atoms with Gasteiger partial charge in [0.15, 0.2) is 0 Å². The summed E-state index contributed by atoms with van der Waals surface area (Å²) >= 11 is 0. The lowest BCUT2D eigenvalue weighted by Crippen LogP contribution is -2.14. The second-order valence-corrected chi connectivity index (χ2v) is 2.92. The Bertz CT molecular complexity index is 89.6. The van der Waals surface area contributed by atoms with Gasteiger partial charge in [0.2, 0.25) is 5.92 Å². The van der Waals surface area contributed by atoms with Gasteiger partial charge in [0.25, 0.3) is 0 Å². The summed E-state index contributed by atoms with van der Waals surface area (Å²) in [6.45, 7) is 5.39. The minimum atomic E-state index is -2.43. The van der Waals surface area contributed by atoms with Gasteiger partial charge in [-0.2, -0.15) is 0 Å². The summed E-state index contributed by atoms with van der Waals surface area (Å²) in [6.07, 6.45) is 2.83. The lowest BCUT2D eigenvalue weighted by atomic mass is 10.1. The van der Waals surface area contributed by atoms with E-state index in [2.05, 4.69) is 6.92 Å². The maximum atomic E-state index is 12.7. The Labute approximate surface area is 68.0 Å². The highest BCUT2D eigenvalue weighted by molar-refractivity contribution is 4.65. The van der Waals surface area contributed by atoms with E-state index in [0.717, 1.165) is 12.8 Å². The Morgan fingerprint density at radius 3 is 2.27 bits per heavy atom. The van der Waals surface area contributed by atoms with E-state index in [1.165, 1.54) is 0 Å². The molecule has 0 amide bonds. The van der Waals surface area contributed by atoms with E-state index in [4.69, 9.17) is 0 Å². The number of hydrogen-bond donors (Lipinski definition) is 0. The fourth-order valence-corrected chi connectivity index (χ4v) is 1.05. The molecule has 0 bridgehead atoms. The molecule has 0 fully saturated rings. The molecule has 0 rings (SSSR count). The van der Waals surface area contributed by atoms with Crippen LogP contribution in [0.2, 0.25) is 0 Å². The molecule has 1 radical (unpaired) electrons. The average molecular weight is 163 g/mol. The molecule has 67 valence electrons. The zero-order valence-electron chi connectivity index (χ0n) is 7.21. The number of hydrogen-bond acceptors (Lipinski definition) is 0. The van der Waals surface area contributed by atoms with E-state index < -0.39 is 5.92 Å². The topological polar surface area (TPSA) is 0 Å². The van der Waals surface area contributed by atoms with Gasteiger partial charge in [-0.1, -0.05) is 33.1 Å². The van der Waals surface area contributed by atoms with Crippen LogP contribution in [0.1, 0.15) is 45.4 Å². The van der Waals surface area contributed by atoms with Gasteiger partial charge in [0, 0.05) is 12.8 Å². The van der Waals surface area contributed by atoms with Crippen LogP contribution in [-0.2, 0) is 0 Å². The summed E-state index contributed by atoms with van der Waals surface area (Å²) in [5.41, 5.74) is 0. The zero-order chi connectivity index (χ0) is 8.74. The van der Waals surface area contributed by atoms with E-state index in [1.807, 2.05) is 0 Å². The van der Waals surface area contributed by atoms with Gasteiger partial charge < -0.3 is 0 Å². The molecular formula is C9H17F2. The predicted octanol–water partition coefficient (Wildman–Crippen LogP) is 3.82. The summed E-state index contributed by atoms with van der Waals surface area (Å²) in [7, 11) is 0. The summed E-state index contributed by atoms with van der Waals surface area (Å²) in [6, 6.07) is 0. The third-order valence-corrected chi connectivity index (χ3v) is 1.66. The van der Waals surface area contributed by atoms with E-state index in [-0.39, 0.29) is 12.8 Å². The van der Waals surface area contributed by atoms with Crippen molar-refractivity contribution in [1.82, 2.24) is 0 Å². The van der Waals surface area contributed by atoms with Crippen LogP contribution in [-0.4, -0.2) is 5.92 Å². The summed E-state index contributed by atoms with van der Waals surface area (Å²) < 4.78 is 25.5. The van der Waals surface area contributed by atoms with Crippen molar-refractivity contribution in [2.24, 2.45) is 0 Å². The zero-order valence-corrected chi connectivity index (χ0v) is 7.21. The van der Waals surface area contributed by atoms with E-state index >= 15 is 0 Å².